The molecule has 154 valence electrons. The summed E-state index contributed by atoms with van der Waals surface area (Å²) in [6.07, 6.45) is 22.7. The van der Waals surface area contributed by atoms with Gasteiger partial charge in [-0.05, 0) is 19.3 Å². The van der Waals surface area contributed by atoms with Crippen LogP contribution in [0.4, 0.5) is 0 Å². The minimum Gasteiger partial charge on any atom is -0.462 e. The van der Waals surface area contributed by atoms with Crippen molar-refractivity contribution in [3.8, 4) is 0 Å². The zero-order valence-electron chi connectivity index (χ0n) is 18.0. The molecule has 0 saturated heterocycles. The lowest BCUT2D eigenvalue weighted by molar-refractivity contribution is -0.139. The average Bonchev–Trinajstić information content (AvgIpc) is 2.65. The summed E-state index contributed by atoms with van der Waals surface area (Å²) in [5, 5.41) is 0. The van der Waals surface area contributed by atoms with E-state index < -0.39 is 0 Å². The number of ether oxygens (including phenoxy) is 1. The third-order valence-electron chi connectivity index (χ3n) is 5.10. The van der Waals surface area contributed by atoms with E-state index in [1.807, 2.05) is 0 Å². The van der Waals surface area contributed by atoms with Crippen LogP contribution in [0.2, 0.25) is 0 Å². The molecule has 0 atom stereocenters. The first-order valence-corrected chi connectivity index (χ1v) is 11.6. The summed E-state index contributed by atoms with van der Waals surface area (Å²) in [6, 6.07) is 0. The SMILES string of the molecule is C=C(CCCCCCCC)C(=O)OCCCCCCCCCCCCC. The lowest BCUT2D eigenvalue weighted by Gasteiger charge is -2.07. The number of hydrogen-bond acceptors (Lipinski definition) is 2. The molecule has 0 aliphatic carbocycles. The Kier molecular flexibility index (Phi) is 19.9. The second-order valence-electron chi connectivity index (χ2n) is 7.79. The third-order valence-corrected chi connectivity index (χ3v) is 5.10. The summed E-state index contributed by atoms with van der Waals surface area (Å²) in [6.45, 7) is 8.95. The number of carbonyl (C=O) groups excluding carboxylic acids is 1. The van der Waals surface area contributed by atoms with Gasteiger partial charge >= 0.3 is 5.97 Å². The molecular formula is C24H46O2. The van der Waals surface area contributed by atoms with Crippen molar-refractivity contribution in [3.05, 3.63) is 12.2 Å². The molecule has 0 N–H and O–H groups in total. The van der Waals surface area contributed by atoms with Crippen LogP contribution in [-0.4, -0.2) is 12.6 Å². The normalized spacial score (nSPS) is 10.8. The van der Waals surface area contributed by atoms with Crippen molar-refractivity contribution in [1.29, 1.82) is 0 Å². The van der Waals surface area contributed by atoms with Gasteiger partial charge in [0.05, 0.1) is 6.61 Å². The van der Waals surface area contributed by atoms with E-state index in [2.05, 4.69) is 20.4 Å². The van der Waals surface area contributed by atoms with Crippen LogP contribution in [0, 0.1) is 0 Å². The quantitative estimate of drug-likeness (QED) is 0.123. The monoisotopic (exact) mass is 366 g/mol. The van der Waals surface area contributed by atoms with Gasteiger partial charge in [0, 0.05) is 5.57 Å². The topological polar surface area (TPSA) is 26.3 Å². The zero-order chi connectivity index (χ0) is 19.3. The van der Waals surface area contributed by atoms with Gasteiger partial charge < -0.3 is 4.74 Å². The fraction of sp³-hybridized carbons (Fsp3) is 0.875. The fourth-order valence-electron chi connectivity index (χ4n) is 3.25. The predicted molar refractivity (Wildman–Crippen MR) is 115 cm³/mol. The fourth-order valence-corrected chi connectivity index (χ4v) is 3.25. The maximum Gasteiger partial charge on any atom is 0.333 e. The van der Waals surface area contributed by atoms with Crippen molar-refractivity contribution in [2.75, 3.05) is 6.61 Å². The van der Waals surface area contributed by atoms with Gasteiger partial charge in [0.25, 0.3) is 0 Å². The number of unbranched alkanes of at least 4 members (excludes halogenated alkanes) is 15. The highest BCUT2D eigenvalue weighted by molar-refractivity contribution is 5.87. The van der Waals surface area contributed by atoms with Gasteiger partial charge in [-0.2, -0.15) is 0 Å². The molecule has 0 spiro atoms. The Balaban J connectivity index is 3.31. The summed E-state index contributed by atoms with van der Waals surface area (Å²) in [5.41, 5.74) is 0.656. The van der Waals surface area contributed by atoms with Gasteiger partial charge in [-0.1, -0.05) is 117 Å². The van der Waals surface area contributed by atoms with E-state index in [9.17, 15) is 4.79 Å². The summed E-state index contributed by atoms with van der Waals surface area (Å²) >= 11 is 0. The Morgan fingerprint density at radius 2 is 1.00 bits per heavy atom. The Morgan fingerprint density at radius 1 is 0.615 bits per heavy atom. The van der Waals surface area contributed by atoms with Crippen LogP contribution in [0.3, 0.4) is 0 Å². The molecule has 0 aromatic rings. The molecule has 2 heteroatoms. The molecule has 0 aromatic carbocycles. The first-order valence-electron chi connectivity index (χ1n) is 11.6. The zero-order valence-corrected chi connectivity index (χ0v) is 18.0. The van der Waals surface area contributed by atoms with Crippen molar-refractivity contribution >= 4 is 5.97 Å². The third kappa shape index (κ3) is 18.0. The van der Waals surface area contributed by atoms with Gasteiger partial charge in [-0.3, -0.25) is 0 Å². The molecule has 0 rings (SSSR count). The highest BCUT2D eigenvalue weighted by atomic mass is 16.5. The lowest BCUT2D eigenvalue weighted by Crippen LogP contribution is -2.08. The van der Waals surface area contributed by atoms with Crippen LogP contribution in [0.15, 0.2) is 12.2 Å². The molecule has 0 aromatic heterocycles. The number of rotatable bonds is 20. The lowest BCUT2D eigenvalue weighted by atomic mass is 10.1. The molecule has 0 fully saturated rings. The maximum atomic E-state index is 11.9. The second-order valence-corrected chi connectivity index (χ2v) is 7.79. The highest BCUT2D eigenvalue weighted by Crippen LogP contribution is 2.13. The van der Waals surface area contributed by atoms with Crippen molar-refractivity contribution in [1.82, 2.24) is 0 Å². The van der Waals surface area contributed by atoms with E-state index in [1.54, 1.807) is 0 Å². The van der Waals surface area contributed by atoms with E-state index in [-0.39, 0.29) is 5.97 Å². The number of carbonyl (C=O) groups is 1. The smallest absolute Gasteiger partial charge is 0.333 e. The van der Waals surface area contributed by atoms with Gasteiger partial charge in [0.1, 0.15) is 0 Å². The van der Waals surface area contributed by atoms with E-state index in [0.29, 0.717) is 12.2 Å². The van der Waals surface area contributed by atoms with Crippen LogP contribution in [0.5, 0.6) is 0 Å². The predicted octanol–water partition coefficient (Wildman–Crippen LogP) is 8.15. The molecule has 0 amide bonds. The van der Waals surface area contributed by atoms with Gasteiger partial charge in [-0.25, -0.2) is 4.79 Å². The van der Waals surface area contributed by atoms with Crippen LogP contribution < -0.4 is 0 Å². The van der Waals surface area contributed by atoms with Crippen molar-refractivity contribution in [2.24, 2.45) is 0 Å². The number of esters is 1. The number of hydrogen-bond donors (Lipinski definition) is 0. The van der Waals surface area contributed by atoms with E-state index in [4.69, 9.17) is 4.74 Å². The van der Waals surface area contributed by atoms with Crippen LogP contribution in [0.25, 0.3) is 0 Å². The first kappa shape index (κ1) is 25.2. The molecule has 0 bridgehead atoms. The van der Waals surface area contributed by atoms with Crippen LogP contribution in [0.1, 0.15) is 129 Å². The summed E-state index contributed by atoms with van der Waals surface area (Å²) in [7, 11) is 0. The second kappa shape index (κ2) is 20.5. The minimum atomic E-state index is -0.175. The Hall–Kier alpha value is -0.790. The molecule has 0 heterocycles. The van der Waals surface area contributed by atoms with Gasteiger partial charge in [-0.15, -0.1) is 0 Å². The standard InChI is InChI=1S/C24H46O2/c1-4-6-8-10-12-13-14-15-16-18-20-22-26-24(25)23(3)21-19-17-11-9-7-5-2/h3-22H2,1-2H3. The molecule has 2 nitrogen and oxygen atoms in total. The molecule has 0 radical (unpaired) electrons. The van der Waals surface area contributed by atoms with E-state index in [1.165, 1.54) is 96.3 Å². The summed E-state index contributed by atoms with van der Waals surface area (Å²) in [5.74, 6) is -0.175. The molecule has 0 aliphatic heterocycles. The van der Waals surface area contributed by atoms with E-state index in [0.717, 1.165) is 19.3 Å². The molecule has 26 heavy (non-hydrogen) atoms. The Bertz CT molecular complexity index is 322. The molecule has 0 saturated carbocycles. The summed E-state index contributed by atoms with van der Waals surface area (Å²) in [4.78, 5) is 11.9. The molecule has 0 unspecified atom stereocenters. The minimum absolute atomic E-state index is 0.175. The van der Waals surface area contributed by atoms with Crippen LogP contribution >= 0.6 is 0 Å². The highest BCUT2D eigenvalue weighted by Gasteiger charge is 2.07. The van der Waals surface area contributed by atoms with Gasteiger partial charge in [0.2, 0.25) is 0 Å². The molecule has 0 aliphatic rings. The van der Waals surface area contributed by atoms with Crippen molar-refractivity contribution in [3.63, 3.8) is 0 Å². The van der Waals surface area contributed by atoms with Crippen LogP contribution in [-0.2, 0) is 9.53 Å². The average molecular weight is 367 g/mol. The van der Waals surface area contributed by atoms with Gasteiger partial charge in [0.15, 0.2) is 0 Å². The van der Waals surface area contributed by atoms with Crippen molar-refractivity contribution in [2.45, 2.75) is 129 Å². The molecular weight excluding hydrogens is 320 g/mol. The Morgan fingerprint density at radius 3 is 1.46 bits per heavy atom. The maximum absolute atomic E-state index is 11.9. The summed E-state index contributed by atoms with van der Waals surface area (Å²) < 4.78 is 5.34. The Labute approximate surface area is 164 Å². The largest absolute Gasteiger partial charge is 0.462 e. The first-order chi connectivity index (χ1) is 12.7. The van der Waals surface area contributed by atoms with E-state index >= 15 is 0 Å². The van der Waals surface area contributed by atoms with Crippen molar-refractivity contribution < 1.29 is 9.53 Å².